The lowest BCUT2D eigenvalue weighted by atomic mass is 10.0. The molecule has 0 aliphatic heterocycles. The predicted octanol–water partition coefficient (Wildman–Crippen LogP) is 2.32. The number of rotatable bonds is 2. The first-order chi connectivity index (χ1) is 5.94. The summed E-state index contributed by atoms with van der Waals surface area (Å²) in [5.41, 5.74) is -2.22. The zero-order valence-corrected chi connectivity index (χ0v) is 8.42. The quantitative estimate of drug-likeness (QED) is 0.876. The summed E-state index contributed by atoms with van der Waals surface area (Å²) >= 11 is 3.12. The van der Waals surface area contributed by atoms with Crippen molar-refractivity contribution in [1.29, 1.82) is 0 Å². The van der Waals surface area contributed by atoms with E-state index in [0.29, 0.717) is 4.47 Å². The number of aromatic nitrogens is 1. The van der Waals surface area contributed by atoms with Crippen LogP contribution in [0.2, 0.25) is 0 Å². The Bertz CT molecular complexity index is 287. The highest BCUT2D eigenvalue weighted by Gasteiger charge is 2.35. The fourth-order valence-corrected chi connectivity index (χ4v) is 1.02. The van der Waals surface area contributed by atoms with Crippen molar-refractivity contribution in [2.24, 2.45) is 0 Å². The van der Waals surface area contributed by atoms with Crippen molar-refractivity contribution in [2.75, 3.05) is 0 Å². The summed E-state index contributed by atoms with van der Waals surface area (Å²) in [6.45, 7) is 1.04. The van der Waals surface area contributed by atoms with Crippen molar-refractivity contribution in [2.45, 2.75) is 19.0 Å². The van der Waals surface area contributed by atoms with Gasteiger partial charge in [-0.1, -0.05) is 0 Å². The molecule has 1 heterocycles. The molecule has 13 heavy (non-hydrogen) atoms. The zero-order chi connectivity index (χ0) is 10.1. The van der Waals surface area contributed by atoms with Gasteiger partial charge in [0.15, 0.2) is 5.60 Å². The van der Waals surface area contributed by atoms with Crippen LogP contribution in [0.25, 0.3) is 0 Å². The van der Waals surface area contributed by atoms with E-state index in [1.807, 2.05) is 0 Å². The van der Waals surface area contributed by atoms with Gasteiger partial charge < -0.3 is 5.11 Å². The van der Waals surface area contributed by atoms with Gasteiger partial charge in [-0.2, -0.15) is 0 Å². The molecule has 1 atom stereocenters. The Kier molecular flexibility index (Phi) is 2.98. The molecular weight excluding hydrogens is 244 g/mol. The minimum atomic E-state index is -2.85. The lowest BCUT2D eigenvalue weighted by molar-refractivity contribution is -0.0910. The maximum absolute atomic E-state index is 12.3. The lowest BCUT2D eigenvalue weighted by Gasteiger charge is -2.21. The highest BCUT2D eigenvalue weighted by Crippen LogP contribution is 2.26. The topological polar surface area (TPSA) is 33.1 Å². The molecule has 0 aromatic carbocycles. The number of halogens is 3. The zero-order valence-electron chi connectivity index (χ0n) is 6.84. The summed E-state index contributed by atoms with van der Waals surface area (Å²) in [6.07, 6.45) is -1.48. The molecule has 72 valence electrons. The maximum atomic E-state index is 12.3. The Hall–Kier alpha value is -0.550. The Morgan fingerprint density at radius 2 is 2.15 bits per heavy atom. The molecule has 1 aromatic rings. The minimum Gasteiger partial charge on any atom is -0.378 e. The average Bonchev–Trinajstić information content (AvgIpc) is 2.04. The van der Waals surface area contributed by atoms with Crippen LogP contribution in [-0.2, 0) is 5.60 Å². The summed E-state index contributed by atoms with van der Waals surface area (Å²) in [7, 11) is 0. The van der Waals surface area contributed by atoms with Crippen molar-refractivity contribution < 1.29 is 13.9 Å². The SMILES string of the molecule is C[C@](O)(c1ccc(Br)cn1)C(F)F. The molecule has 0 amide bonds. The Balaban J connectivity index is 3.01. The normalized spacial score (nSPS) is 15.8. The van der Waals surface area contributed by atoms with Crippen LogP contribution in [0.1, 0.15) is 12.6 Å². The van der Waals surface area contributed by atoms with E-state index in [1.54, 1.807) is 6.07 Å². The molecule has 1 N–H and O–H groups in total. The smallest absolute Gasteiger partial charge is 0.272 e. The molecule has 0 radical (unpaired) electrons. The largest absolute Gasteiger partial charge is 0.378 e. The van der Waals surface area contributed by atoms with E-state index in [-0.39, 0.29) is 5.69 Å². The molecule has 0 saturated carbocycles. The van der Waals surface area contributed by atoms with E-state index in [1.165, 1.54) is 12.3 Å². The van der Waals surface area contributed by atoms with Gasteiger partial charge in [0.2, 0.25) is 0 Å². The van der Waals surface area contributed by atoms with Gasteiger partial charge in [-0.25, -0.2) is 8.78 Å². The summed E-state index contributed by atoms with van der Waals surface area (Å²) in [5.74, 6) is 0. The number of alkyl halides is 2. The Labute approximate surface area is 82.7 Å². The van der Waals surface area contributed by atoms with E-state index in [4.69, 9.17) is 0 Å². The van der Waals surface area contributed by atoms with Gasteiger partial charge in [0.1, 0.15) is 0 Å². The molecular formula is C8H8BrF2NO. The van der Waals surface area contributed by atoms with Crippen molar-refractivity contribution in [3.05, 3.63) is 28.5 Å². The lowest BCUT2D eigenvalue weighted by Crippen LogP contribution is -2.31. The van der Waals surface area contributed by atoms with Crippen LogP contribution in [0, 0.1) is 0 Å². The highest BCUT2D eigenvalue weighted by molar-refractivity contribution is 9.10. The first kappa shape index (κ1) is 10.5. The van der Waals surface area contributed by atoms with Crippen LogP contribution < -0.4 is 0 Å². The van der Waals surface area contributed by atoms with Crippen LogP contribution in [0.4, 0.5) is 8.78 Å². The number of nitrogens with zero attached hydrogens (tertiary/aromatic N) is 1. The summed E-state index contributed by atoms with van der Waals surface area (Å²) in [4.78, 5) is 3.69. The molecule has 5 heteroatoms. The van der Waals surface area contributed by atoms with Gasteiger partial charge in [0.05, 0.1) is 5.69 Å². The van der Waals surface area contributed by atoms with Gasteiger partial charge in [-0.15, -0.1) is 0 Å². The van der Waals surface area contributed by atoms with E-state index in [2.05, 4.69) is 20.9 Å². The second-order valence-electron chi connectivity index (χ2n) is 2.81. The first-order valence-corrected chi connectivity index (χ1v) is 4.36. The van der Waals surface area contributed by atoms with Crippen molar-refractivity contribution in [1.82, 2.24) is 4.98 Å². The van der Waals surface area contributed by atoms with Gasteiger partial charge >= 0.3 is 0 Å². The molecule has 0 spiro atoms. The molecule has 0 saturated heterocycles. The van der Waals surface area contributed by atoms with Gasteiger partial charge in [-0.3, -0.25) is 4.98 Å². The Morgan fingerprint density at radius 3 is 2.54 bits per heavy atom. The molecule has 0 aliphatic rings. The molecule has 2 nitrogen and oxygen atoms in total. The number of pyridine rings is 1. The maximum Gasteiger partial charge on any atom is 0.272 e. The van der Waals surface area contributed by atoms with E-state index in [0.717, 1.165) is 6.92 Å². The molecule has 0 bridgehead atoms. The molecule has 0 unspecified atom stereocenters. The molecule has 0 fully saturated rings. The third kappa shape index (κ3) is 2.22. The monoisotopic (exact) mass is 251 g/mol. The molecule has 1 rings (SSSR count). The third-order valence-electron chi connectivity index (χ3n) is 1.67. The fraction of sp³-hybridized carbons (Fsp3) is 0.375. The molecule has 0 aliphatic carbocycles. The number of hydrogen-bond donors (Lipinski definition) is 1. The molecule has 1 aromatic heterocycles. The summed E-state index contributed by atoms with van der Waals surface area (Å²) in [6, 6.07) is 2.91. The van der Waals surface area contributed by atoms with Crippen LogP contribution >= 0.6 is 15.9 Å². The predicted molar refractivity (Wildman–Crippen MR) is 47.5 cm³/mol. The number of hydrogen-bond acceptors (Lipinski definition) is 2. The van der Waals surface area contributed by atoms with Crippen LogP contribution in [0.5, 0.6) is 0 Å². The van der Waals surface area contributed by atoms with Crippen molar-refractivity contribution in [3.63, 3.8) is 0 Å². The third-order valence-corrected chi connectivity index (χ3v) is 2.14. The summed E-state index contributed by atoms with van der Waals surface area (Å²) < 4.78 is 25.3. The van der Waals surface area contributed by atoms with Gasteiger partial charge in [-0.05, 0) is 35.0 Å². The van der Waals surface area contributed by atoms with Gasteiger partial charge in [0, 0.05) is 10.7 Å². The van der Waals surface area contributed by atoms with Crippen LogP contribution in [-0.4, -0.2) is 16.5 Å². The minimum absolute atomic E-state index is 0.0364. The van der Waals surface area contributed by atoms with Crippen LogP contribution in [0.3, 0.4) is 0 Å². The fourth-order valence-electron chi connectivity index (χ4n) is 0.787. The first-order valence-electron chi connectivity index (χ1n) is 3.57. The van der Waals surface area contributed by atoms with Gasteiger partial charge in [0.25, 0.3) is 6.43 Å². The summed E-state index contributed by atoms with van der Waals surface area (Å²) in [5, 5.41) is 9.33. The van der Waals surface area contributed by atoms with Crippen molar-refractivity contribution >= 4 is 15.9 Å². The standard InChI is InChI=1S/C8H8BrF2NO/c1-8(13,7(10)11)6-3-2-5(9)4-12-6/h2-4,7,13H,1H3/t8-/m0/s1. The Morgan fingerprint density at radius 1 is 1.54 bits per heavy atom. The second-order valence-corrected chi connectivity index (χ2v) is 3.73. The van der Waals surface area contributed by atoms with Crippen molar-refractivity contribution in [3.8, 4) is 0 Å². The second kappa shape index (κ2) is 3.67. The average molecular weight is 252 g/mol. The van der Waals surface area contributed by atoms with Crippen LogP contribution in [0.15, 0.2) is 22.8 Å². The van der Waals surface area contributed by atoms with E-state index >= 15 is 0 Å². The highest BCUT2D eigenvalue weighted by atomic mass is 79.9. The number of aliphatic hydroxyl groups is 1. The van der Waals surface area contributed by atoms with E-state index < -0.39 is 12.0 Å². The van der Waals surface area contributed by atoms with E-state index in [9.17, 15) is 13.9 Å².